The van der Waals surface area contributed by atoms with Crippen molar-refractivity contribution >= 4 is 28.6 Å². The molecule has 3 aromatic heterocycles. The van der Waals surface area contributed by atoms with Gasteiger partial charge >= 0.3 is 6.18 Å². The third kappa shape index (κ3) is 3.55. The van der Waals surface area contributed by atoms with Crippen molar-refractivity contribution in [2.75, 3.05) is 29.4 Å². The lowest BCUT2D eigenvalue weighted by molar-refractivity contribution is -0.141. The van der Waals surface area contributed by atoms with Crippen molar-refractivity contribution in [2.45, 2.75) is 38.9 Å². The molecule has 0 unspecified atom stereocenters. The topological polar surface area (TPSA) is 80.0 Å². The van der Waals surface area contributed by atoms with Gasteiger partial charge in [-0.15, -0.1) is 0 Å². The number of hydrogen-bond donors (Lipinski definition) is 0. The molecule has 2 aliphatic heterocycles. The molecule has 0 aromatic carbocycles. The molecule has 11 heteroatoms. The quantitative estimate of drug-likeness (QED) is 0.616. The van der Waals surface area contributed by atoms with Crippen LogP contribution in [0.2, 0.25) is 0 Å². The zero-order valence-electron chi connectivity index (χ0n) is 17.5. The number of amides is 1. The second-order valence-electron chi connectivity index (χ2n) is 8.44. The second-order valence-corrected chi connectivity index (χ2v) is 8.44. The van der Waals surface area contributed by atoms with Crippen LogP contribution in [0.5, 0.6) is 0 Å². The number of alkyl halides is 3. The number of rotatable bonds is 3. The van der Waals surface area contributed by atoms with E-state index in [0.717, 1.165) is 55.2 Å². The molecular formula is C21H22F3N7O. The third-order valence-corrected chi connectivity index (χ3v) is 6.45. The highest BCUT2D eigenvalue weighted by Crippen LogP contribution is 2.43. The predicted molar refractivity (Wildman–Crippen MR) is 111 cm³/mol. The Hall–Kier alpha value is -3.24. The number of nitrogens with zero attached hydrogens (tertiary/aromatic N) is 7. The van der Waals surface area contributed by atoms with E-state index in [0.29, 0.717) is 25.2 Å². The monoisotopic (exact) mass is 445 g/mol. The summed E-state index contributed by atoms with van der Waals surface area (Å²) in [6, 6.07) is 2.25. The summed E-state index contributed by atoms with van der Waals surface area (Å²) < 4.78 is 40.2. The Morgan fingerprint density at radius 1 is 1.09 bits per heavy atom. The highest BCUT2D eigenvalue weighted by Gasteiger charge is 2.45. The number of carbonyl (C=O) groups excluding carboxylic acids is 1. The molecule has 0 aliphatic carbocycles. The normalized spacial score (nSPS) is 18.8. The molecule has 2 saturated heterocycles. The van der Waals surface area contributed by atoms with Crippen LogP contribution in [-0.2, 0) is 17.5 Å². The molecule has 5 rings (SSSR count). The molecule has 8 nitrogen and oxygen atoms in total. The first-order valence-corrected chi connectivity index (χ1v) is 10.6. The molecule has 3 aromatic rings. The Kier molecular flexibility index (Phi) is 4.79. The number of fused-ring (bicyclic) bond motifs is 1. The number of halogens is 3. The molecule has 1 amide bonds. The summed E-state index contributed by atoms with van der Waals surface area (Å²) in [6.07, 6.45) is 2.05. The van der Waals surface area contributed by atoms with Gasteiger partial charge in [-0.25, -0.2) is 19.6 Å². The molecule has 0 saturated carbocycles. The van der Waals surface area contributed by atoms with E-state index in [-0.39, 0.29) is 11.3 Å². The zero-order valence-corrected chi connectivity index (χ0v) is 17.5. The highest BCUT2D eigenvalue weighted by atomic mass is 19.4. The number of aromatic nitrogens is 5. The van der Waals surface area contributed by atoms with Crippen molar-refractivity contribution in [3.8, 4) is 0 Å². The van der Waals surface area contributed by atoms with Crippen molar-refractivity contribution < 1.29 is 18.0 Å². The Morgan fingerprint density at radius 3 is 2.53 bits per heavy atom. The van der Waals surface area contributed by atoms with Crippen LogP contribution in [0.1, 0.15) is 31.9 Å². The van der Waals surface area contributed by atoms with Crippen molar-refractivity contribution in [2.24, 2.45) is 5.41 Å². The molecule has 1 spiro atoms. The van der Waals surface area contributed by atoms with Crippen LogP contribution in [0.25, 0.3) is 11.2 Å². The standard InChI is InChI=1S/C21H22F3N7O/c1-2-31-19-15(11-27-31)25-12-17(28-19)29-7-5-20(6-8-29)9-18(32)30(13-20)14-3-4-16(26-10-14)21(22,23)24/h3-4,10-12H,2,5-9,13H2,1H3. The Bertz CT molecular complexity index is 1150. The van der Waals surface area contributed by atoms with Gasteiger partial charge in [-0.2, -0.15) is 18.3 Å². The van der Waals surface area contributed by atoms with E-state index < -0.39 is 11.9 Å². The first kappa shape index (κ1) is 20.7. The fourth-order valence-corrected chi connectivity index (χ4v) is 4.61. The lowest BCUT2D eigenvalue weighted by atomic mass is 9.77. The summed E-state index contributed by atoms with van der Waals surface area (Å²) in [5.41, 5.74) is 0.761. The summed E-state index contributed by atoms with van der Waals surface area (Å²) in [5.74, 6) is 0.712. The highest BCUT2D eigenvalue weighted by molar-refractivity contribution is 5.96. The lowest BCUT2D eigenvalue weighted by Crippen LogP contribution is -2.42. The van der Waals surface area contributed by atoms with Gasteiger partial charge in [0.2, 0.25) is 5.91 Å². The number of carbonyl (C=O) groups is 1. The second kappa shape index (κ2) is 7.42. The van der Waals surface area contributed by atoms with Crippen LogP contribution < -0.4 is 9.80 Å². The molecule has 0 N–H and O–H groups in total. The van der Waals surface area contributed by atoms with Crippen LogP contribution in [-0.4, -0.2) is 50.3 Å². The average molecular weight is 445 g/mol. The fourth-order valence-electron chi connectivity index (χ4n) is 4.61. The SMILES string of the molecule is CCn1ncc2ncc(N3CCC4(CC3)CC(=O)N(c3ccc(C(F)(F)F)nc3)C4)nc21. The maximum atomic E-state index is 12.8. The fraction of sp³-hybridized carbons (Fsp3) is 0.476. The first-order valence-electron chi connectivity index (χ1n) is 10.6. The minimum atomic E-state index is -4.50. The predicted octanol–water partition coefficient (Wildman–Crippen LogP) is 3.28. The zero-order chi connectivity index (χ0) is 22.5. The van der Waals surface area contributed by atoms with Crippen LogP contribution in [0.15, 0.2) is 30.7 Å². The average Bonchev–Trinajstić information content (AvgIpc) is 3.34. The smallest absolute Gasteiger partial charge is 0.355 e. The number of anilines is 2. The van der Waals surface area contributed by atoms with Crippen molar-refractivity contribution in [3.63, 3.8) is 0 Å². The molecule has 0 radical (unpaired) electrons. The molecule has 32 heavy (non-hydrogen) atoms. The minimum absolute atomic E-state index is 0.0759. The van der Waals surface area contributed by atoms with Gasteiger partial charge in [-0.3, -0.25) is 4.79 Å². The largest absolute Gasteiger partial charge is 0.433 e. The summed E-state index contributed by atoms with van der Waals surface area (Å²) in [6.45, 7) is 4.65. The van der Waals surface area contributed by atoms with Crippen molar-refractivity contribution in [3.05, 3.63) is 36.4 Å². The van der Waals surface area contributed by atoms with Gasteiger partial charge in [0, 0.05) is 38.0 Å². The lowest BCUT2D eigenvalue weighted by Gasteiger charge is -2.39. The minimum Gasteiger partial charge on any atom is -0.355 e. The molecular weight excluding hydrogens is 423 g/mol. The van der Waals surface area contributed by atoms with Crippen molar-refractivity contribution in [1.29, 1.82) is 0 Å². The molecule has 5 heterocycles. The van der Waals surface area contributed by atoms with Gasteiger partial charge in [0.1, 0.15) is 17.0 Å². The number of aryl methyl sites for hydroxylation is 1. The Morgan fingerprint density at radius 2 is 1.88 bits per heavy atom. The van der Waals surface area contributed by atoms with E-state index >= 15 is 0 Å². The van der Waals surface area contributed by atoms with E-state index in [1.165, 1.54) is 6.07 Å². The van der Waals surface area contributed by atoms with Gasteiger partial charge in [0.25, 0.3) is 0 Å². The Balaban J connectivity index is 1.29. The van der Waals surface area contributed by atoms with Gasteiger partial charge in [0.05, 0.1) is 24.3 Å². The molecule has 0 atom stereocenters. The van der Waals surface area contributed by atoms with Gasteiger partial charge in [-0.1, -0.05) is 0 Å². The van der Waals surface area contributed by atoms with Crippen LogP contribution in [0, 0.1) is 5.41 Å². The number of hydrogen-bond acceptors (Lipinski definition) is 6. The Labute approximate surface area is 182 Å². The van der Waals surface area contributed by atoms with E-state index in [4.69, 9.17) is 4.98 Å². The first-order chi connectivity index (χ1) is 15.3. The van der Waals surface area contributed by atoms with Crippen LogP contribution in [0.4, 0.5) is 24.7 Å². The van der Waals surface area contributed by atoms with E-state index in [1.54, 1.807) is 17.3 Å². The van der Waals surface area contributed by atoms with E-state index in [9.17, 15) is 18.0 Å². The summed E-state index contributed by atoms with van der Waals surface area (Å²) in [4.78, 5) is 29.1. The van der Waals surface area contributed by atoms with Gasteiger partial charge < -0.3 is 9.80 Å². The number of pyridine rings is 1. The molecule has 2 fully saturated rings. The van der Waals surface area contributed by atoms with Crippen LogP contribution >= 0.6 is 0 Å². The summed E-state index contributed by atoms with van der Waals surface area (Å²) in [7, 11) is 0. The van der Waals surface area contributed by atoms with Gasteiger partial charge in [-0.05, 0) is 31.9 Å². The molecule has 168 valence electrons. The maximum absolute atomic E-state index is 12.8. The number of piperidine rings is 1. The third-order valence-electron chi connectivity index (χ3n) is 6.45. The van der Waals surface area contributed by atoms with E-state index in [1.807, 2.05) is 11.6 Å². The summed E-state index contributed by atoms with van der Waals surface area (Å²) in [5, 5.41) is 4.28. The summed E-state index contributed by atoms with van der Waals surface area (Å²) >= 11 is 0. The van der Waals surface area contributed by atoms with E-state index in [2.05, 4.69) is 20.0 Å². The van der Waals surface area contributed by atoms with Crippen LogP contribution in [0.3, 0.4) is 0 Å². The van der Waals surface area contributed by atoms with Crippen molar-refractivity contribution in [1.82, 2.24) is 24.7 Å². The van der Waals surface area contributed by atoms with Gasteiger partial charge in [0.15, 0.2) is 5.65 Å². The maximum Gasteiger partial charge on any atom is 0.433 e. The molecule has 0 bridgehead atoms. The molecule has 2 aliphatic rings.